The third kappa shape index (κ3) is 4.21. The first kappa shape index (κ1) is 18.6. The lowest BCUT2D eigenvalue weighted by Gasteiger charge is -2.15. The summed E-state index contributed by atoms with van der Waals surface area (Å²) in [4.78, 5) is 12.4. The number of amides is 1. The van der Waals surface area contributed by atoms with Gasteiger partial charge in [0, 0.05) is 33.3 Å². The summed E-state index contributed by atoms with van der Waals surface area (Å²) >= 11 is 1.57. The van der Waals surface area contributed by atoms with Crippen molar-refractivity contribution in [2.45, 2.75) is 11.0 Å². The summed E-state index contributed by atoms with van der Waals surface area (Å²) in [6.07, 6.45) is -0.214. The van der Waals surface area contributed by atoms with Gasteiger partial charge in [-0.2, -0.15) is 11.3 Å². The van der Waals surface area contributed by atoms with Gasteiger partial charge >= 0.3 is 0 Å². The first-order chi connectivity index (χ1) is 11.4. The van der Waals surface area contributed by atoms with E-state index in [2.05, 4.69) is 5.32 Å². The largest absolute Gasteiger partial charge is 0.375 e. The van der Waals surface area contributed by atoms with Crippen LogP contribution >= 0.6 is 11.3 Å². The zero-order valence-electron chi connectivity index (χ0n) is 13.7. The smallest absolute Gasteiger partial charge is 0.251 e. The fourth-order valence-electron chi connectivity index (χ4n) is 2.07. The lowest BCUT2D eigenvalue weighted by atomic mass is 10.1. The predicted octanol–water partition coefficient (Wildman–Crippen LogP) is 2.12. The number of carbonyl (C=O) groups excluding carboxylic acids is 1. The molecule has 130 valence electrons. The number of carbonyl (C=O) groups is 1. The first-order valence-corrected chi connectivity index (χ1v) is 9.60. The van der Waals surface area contributed by atoms with Crippen molar-refractivity contribution in [3.05, 3.63) is 52.2 Å². The van der Waals surface area contributed by atoms with E-state index in [9.17, 15) is 13.2 Å². The van der Waals surface area contributed by atoms with Gasteiger partial charge in [-0.3, -0.25) is 4.79 Å². The van der Waals surface area contributed by atoms with Crippen LogP contribution in [0.15, 0.2) is 46.0 Å². The molecule has 0 aliphatic heterocycles. The molecular weight excluding hydrogens is 348 g/mol. The number of hydrogen-bond acceptors (Lipinski definition) is 5. The van der Waals surface area contributed by atoms with E-state index in [-0.39, 0.29) is 16.9 Å². The van der Waals surface area contributed by atoms with E-state index in [4.69, 9.17) is 4.74 Å². The Hall–Kier alpha value is -1.74. The Bertz CT molecular complexity index is 769. The lowest BCUT2D eigenvalue weighted by Crippen LogP contribution is -2.29. The Labute approximate surface area is 146 Å². The van der Waals surface area contributed by atoms with Crippen LogP contribution in [-0.4, -0.2) is 46.4 Å². The van der Waals surface area contributed by atoms with E-state index in [0.717, 1.165) is 9.87 Å². The van der Waals surface area contributed by atoms with E-state index in [1.165, 1.54) is 38.4 Å². The minimum absolute atomic E-state index is 0.150. The van der Waals surface area contributed by atoms with Crippen molar-refractivity contribution in [2.24, 2.45) is 0 Å². The average molecular weight is 368 g/mol. The summed E-state index contributed by atoms with van der Waals surface area (Å²) in [6.45, 7) is 0.337. The maximum atomic E-state index is 12.2. The Morgan fingerprint density at radius 3 is 2.42 bits per heavy atom. The molecule has 1 atom stereocenters. The number of rotatable bonds is 7. The minimum atomic E-state index is -3.50. The van der Waals surface area contributed by atoms with Crippen LogP contribution in [0.25, 0.3) is 0 Å². The van der Waals surface area contributed by atoms with Gasteiger partial charge in [0.2, 0.25) is 10.0 Å². The summed E-state index contributed by atoms with van der Waals surface area (Å²) in [5, 5.41) is 6.72. The molecule has 0 spiro atoms. The fourth-order valence-corrected chi connectivity index (χ4v) is 3.68. The molecule has 0 saturated carbocycles. The fraction of sp³-hybridized carbons (Fsp3) is 0.312. The summed E-state index contributed by atoms with van der Waals surface area (Å²) in [5.74, 6) is -0.277. The number of nitrogens with zero attached hydrogens (tertiary/aromatic N) is 1. The number of methoxy groups -OCH3 is 1. The Morgan fingerprint density at radius 2 is 1.92 bits per heavy atom. The molecule has 1 N–H and O–H groups in total. The molecule has 0 saturated heterocycles. The predicted molar refractivity (Wildman–Crippen MR) is 93.7 cm³/mol. The summed E-state index contributed by atoms with van der Waals surface area (Å²) in [7, 11) is 1.02. The van der Waals surface area contributed by atoms with Crippen LogP contribution in [0.4, 0.5) is 0 Å². The normalized spacial score (nSPS) is 13.0. The van der Waals surface area contributed by atoms with Gasteiger partial charge < -0.3 is 10.1 Å². The van der Waals surface area contributed by atoms with Crippen LogP contribution in [0.2, 0.25) is 0 Å². The number of benzene rings is 1. The highest BCUT2D eigenvalue weighted by Gasteiger charge is 2.18. The van der Waals surface area contributed by atoms with Crippen molar-refractivity contribution in [2.75, 3.05) is 27.7 Å². The van der Waals surface area contributed by atoms with Crippen molar-refractivity contribution in [1.29, 1.82) is 0 Å². The van der Waals surface area contributed by atoms with Crippen LogP contribution < -0.4 is 5.32 Å². The van der Waals surface area contributed by atoms with Gasteiger partial charge in [0.1, 0.15) is 6.10 Å². The van der Waals surface area contributed by atoms with Crippen molar-refractivity contribution in [1.82, 2.24) is 9.62 Å². The molecule has 1 aromatic heterocycles. The molecule has 1 amide bonds. The SMILES string of the molecule is CO[C@H](CNC(=O)c1ccc(S(=O)(=O)N(C)C)cc1)c1ccsc1. The highest BCUT2D eigenvalue weighted by molar-refractivity contribution is 7.89. The zero-order chi connectivity index (χ0) is 17.7. The second kappa shape index (κ2) is 7.89. The number of nitrogens with one attached hydrogen (secondary N) is 1. The quantitative estimate of drug-likeness (QED) is 0.812. The molecule has 8 heteroatoms. The number of sulfonamides is 1. The third-order valence-corrected chi connectivity index (χ3v) is 6.07. The van der Waals surface area contributed by atoms with E-state index in [1.807, 2.05) is 16.8 Å². The van der Waals surface area contributed by atoms with Crippen LogP contribution in [0.1, 0.15) is 22.0 Å². The standard InChI is InChI=1S/C16H20N2O4S2/c1-18(2)24(20,21)14-6-4-12(5-7-14)16(19)17-10-15(22-3)13-8-9-23-11-13/h4-9,11,15H,10H2,1-3H3,(H,17,19)/t15-/m1/s1. The highest BCUT2D eigenvalue weighted by Crippen LogP contribution is 2.19. The second-order valence-corrected chi connectivity index (χ2v) is 8.23. The van der Waals surface area contributed by atoms with Crippen LogP contribution in [0, 0.1) is 0 Å². The summed E-state index contributed by atoms with van der Waals surface area (Å²) < 4.78 is 30.5. The number of hydrogen-bond donors (Lipinski definition) is 1. The second-order valence-electron chi connectivity index (χ2n) is 5.30. The molecule has 6 nitrogen and oxygen atoms in total. The molecule has 0 aliphatic rings. The molecular formula is C16H20N2O4S2. The van der Waals surface area contributed by atoms with E-state index in [1.54, 1.807) is 18.4 Å². The summed E-state index contributed by atoms with van der Waals surface area (Å²) in [5.41, 5.74) is 1.41. The molecule has 0 aliphatic carbocycles. The zero-order valence-corrected chi connectivity index (χ0v) is 15.4. The van der Waals surface area contributed by atoms with Crippen molar-refractivity contribution in [3.63, 3.8) is 0 Å². The van der Waals surface area contributed by atoms with E-state index < -0.39 is 10.0 Å². The van der Waals surface area contributed by atoms with E-state index >= 15 is 0 Å². The molecule has 1 aromatic carbocycles. The molecule has 0 bridgehead atoms. The van der Waals surface area contributed by atoms with Crippen molar-refractivity contribution >= 4 is 27.3 Å². The monoisotopic (exact) mass is 368 g/mol. The lowest BCUT2D eigenvalue weighted by molar-refractivity contribution is 0.0829. The van der Waals surface area contributed by atoms with Gasteiger partial charge in [-0.25, -0.2) is 12.7 Å². The van der Waals surface area contributed by atoms with Gasteiger partial charge in [0.15, 0.2) is 0 Å². The Morgan fingerprint density at radius 1 is 1.25 bits per heavy atom. The first-order valence-electron chi connectivity index (χ1n) is 7.22. The van der Waals surface area contributed by atoms with Crippen LogP contribution in [-0.2, 0) is 14.8 Å². The van der Waals surface area contributed by atoms with Crippen molar-refractivity contribution in [3.8, 4) is 0 Å². The average Bonchev–Trinajstić information content (AvgIpc) is 3.09. The summed E-state index contributed by atoms with van der Waals surface area (Å²) in [6, 6.07) is 7.80. The maximum Gasteiger partial charge on any atom is 0.251 e. The Balaban J connectivity index is 2.03. The van der Waals surface area contributed by atoms with Gasteiger partial charge in [-0.1, -0.05) is 0 Å². The maximum absolute atomic E-state index is 12.2. The van der Waals surface area contributed by atoms with Gasteiger partial charge in [-0.05, 0) is 46.7 Å². The molecule has 1 heterocycles. The topological polar surface area (TPSA) is 75.7 Å². The Kier molecular flexibility index (Phi) is 6.11. The van der Waals surface area contributed by atoms with Crippen LogP contribution in [0.3, 0.4) is 0 Å². The highest BCUT2D eigenvalue weighted by atomic mass is 32.2. The number of thiophene rings is 1. The number of ether oxygens (including phenoxy) is 1. The van der Waals surface area contributed by atoms with Gasteiger partial charge in [0.25, 0.3) is 5.91 Å². The van der Waals surface area contributed by atoms with E-state index in [0.29, 0.717) is 12.1 Å². The van der Waals surface area contributed by atoms with Crippen LogP contribution in [0.5, 0.6) is 0 Å². The van der Waals surface area contributed by atoms with Crippen molar-refractivity contribution < 1.29 is 17.9 Å². The molecule has 2 aromatic rings. The molecule has 2 rings (SSSR count). The molecule has 0 radical (unpaired) electrons. The molecule has 0 unspecified atom stereocenters. The minimum Gasteiger partial charge on any atom is -0.375 e. The van der Waals surface area contributed by atoms with Gasteiger partial charge in [0.05, 0.1) is 4.90 Å². The molecule has 0 fully saturated rings. The third-order valence-electron chi connectivity index (χ3n) is 3.54. The molecule has 24 heavy (non-hydrogen) atoms. The van der Waals surface area contributed by atoms with Gasteiger partial charge in [-0.15, -0.1) is 0 Å².